The Morgan fingerprint density at radius 1 is 1.39 bits per heavy atom. The summed E-state index contributed by atoms with van der Waals surface area (Å²) in [5, 5.41) is 0. The Bertz CT molecular complexity index is 560. The van der Waals surface area contributed by atoms with Crippen LogP contribution in [0.15, 0.2) is 18.2 Å². The van der Waals surface area contributed by atoms with Crippen molar-refractivity contribution in [2.75, 3.05) is 6.26 Å². The largest absolute Gasteiger partial charge is 0.326 e. The van der Waals surface area contributed by atoms with Crippen molar-refractivity contribution in [2.45, 2.75) is 37.9 Å². The number of nitrogens with zero attached hydrogens (tertiary/aromatic N) is 2. The molecule has 0 aliphatic rings. The highest BCUT2D eigenvalue weighted by molar-refractivity contribution is 7.99. The average Bonchev–Trinajstić information content (AvgIpc) is 2.67. The predicted molar refractivity (Wildman–Crippen MR) is 81.6 cm³/mol. The molecule has 98 valence electrons. The van der Waals surface area contributed by atoms with Crippen molar-refractivity contribution < 1.29 is 0 Å². The van der Waals surface area contributed by atoms with Crippen LogP contribution >= 0.6 is 23.4 Å². The van der Waals surface area contributed by atoms with Crippen molar-refractivity contribution in [1.82, 2.24) is 9.55 Å². The minimum atomic E-state index is 0.179. The van der Waals surface area contributed by atoms with Crippen LogP contribution in [-0.4, -0.2) is 20.6 Å². The first-order valence-corrected chi connectivity index (χ1v) is 7.79. The Kier molecular flexibility index (Phi) is 3.93. The third-order valence-electron chi connectivity index (χ3n) is 3.19. The second kappa shape index (κ2) is 5.14. The molecule has 1 heterocycles. The quantitative estimate of drug-likeness (QED) is 0.781. The molecule has 0 fully saturated rings. The average molecular weight is 283 g/mol. The number of benzene rings is 1. The Morgan fingerprint density at radius 3 is 2.72 bits per heavy atom. The van der Waals surface area contributed by atoms with Crippen molar-refractivity contribution in [2.24, 2.45) is 0 Å². The zero-order valence-corrected chi connectivity index (χ0v) is 12.9. The lowest BCUT2D eigenvalue weighted by Gasteiger charge is -2.24. The summed E-state index contributed by atoms with van der Waals surface area (Å²) in [6.07, 6.45) is 2.14. The highest BCUT2D eigenvalue weighted by Gasteiger charge is 2.20. The van der Waals surface area contributed by atoms with Gasteiger partial charge in [0.25, 0.3) is 0 Å². The van der Waals surface area contributed by atoms with Crippen molar-refractivity contribution in [1.29, 1.82) is 0 Å². The van der Waals surface area contributed by atoms with E-state index >= 15 is 0 Å². The van der Waals surface area contributed by atoms with Gasteiger partial charge in [-0.1, -0.05) is 6.07 Å². The Morgan fingerprint density at radius 2 is 2.11 bits per heavy atom. The summed E-state index contributed by atoms with van der Waals surface area (Å²) >= 11 is 7.89. The van der Waals surface area contributed by atoms with E-state index < -0.39 is 0 Å². The zero-order valence-electron chi connectivity index (χ0n) is 11.3. The molecule has 0 saturated carbocycles. The number of thioether (sulfide) groups is 1. The number of aryl methyl sites for hydroxylation is 1. The number of halogens is 1. The molecule has 0 atom stereocenters. The first kappa shape index (κ1) is 13.8. The van der Waals surface area contributed by atoms with Gasteiger partial charge in [0.2, 0.25) is 0 Å². The van der Waals surface area contributed by atoms with Gasteiger partial charge in [-0.2, -0.15) is 11.8 Å². The van der Waals surface area contributed by atoms with E-state index in [0.717, 1.165) is 17.9 Å². The van der Waals surface area contributed by atoms with E-state index in [1.165, 1.54) is 11.1 Å². The lowest BCUT2D eigenvalue weighted by Crippen LogP contribution is -2.23. The summed E-state index contributed by atoms with van der Waals surface area (Å²) in [4.78, 5) is 4.61. The van der Waals surface area contributed by atoms with Crippen LogP contribution < -0.4 is 0 Å². The van der Waals surface area contributed by atoms with E-state index in [0.29, 0.717) is 5.88 Å². The molecule has 18 heavy (non-hydrogen) atoms. The van der Waals surface area contributed by atoms with Gasteiger partial charge in [-0.05, 0) is 44.7 Å². The second-order valence-corrected chi connectivity index (χ2v) is 6.98. The van der Waals surface area contributed by atoms with E-state index in [2.05, 4.69) is 54.8 Å². The minimum absolute atomic E-state index is 0.179. The molecular formula is C14H19ClN2S. The monoisotopic (exact) mass is 282 g/mol. The first-order chi connectivity index (χ1) is 8.46. The number of aromatic nitrogens is 2. The van der Waals surface area contributed by atoms with Crippen LogP contribution in [0.1, 0.15) is 25.2 Å². The summed E-state index contributed by atoms with van der Waals surface area (Å²) in [6, 6.07) is 6.36. The maximum absolute atomic E-state index is 6.03. The highest BCUT2D eigenvalue weighted by Crippen LogP contribution is 2.27. The van der Waals surface area contributed by atoms with Gasteiger partial charge in [0.15, 0.2) is 0 Å². The summed E-state index contributed by atoms with van der Waals surface area (Å²) < 4.78 is 2.43. The molecule has 4 heteroatoms. The van der Waals surface area contributed by atoms with Crippen molar-refractivity contribution in [3.63, 3.8) is 0 Å². The SMILES string of the molecule is CSC(C)(C)Cn1c(CCl)nc2ccc(C)cc21. The van der Waals surface area contributed by atoms with Crippen LogP contribution in [0.5, 0.6) is 0 Å². The number of hydrogen-bond acceptors (Lipinski definition) is 2. The van der Waals surface area contributed by atoms with Gasteiger partial charge in [-0.25, -0.2) is 4.98 Å². The lowest BCUT2D eigenvalue weighted by molar-refractivity contribution is 0.566. The molecule has 0 bridgehead atoms. The molecular weight excluding hydrogens is 264 g/mol. The third-order valence-corrected chi connectivity index (χ3v) is 4.67. The van der Waals surface area contributed by atoms with Crippen LogP contribution in [0.25, 0.3) is 11.0 Å². The van der Waals surface area contributed by atoms with E-state index in [1.54, 1.807) is 0 Å². The highest BCUT2D eigenvalue weighted by atomic mass is 35.5. The molecule has 0 aliphatic heterocycles. The summed E-state index contributed by atoms with van der Waals surface area (Å²) in [6.45, 7) is 7.53. The van der Waals surface area contributed by atoms with Gasteiger partial charge in [0.05, 0.1) is 16.9 Å². The van der Waals surface area contributed by atoms with Gasteiger partial charge < -0.3 is 4.57 Å². The van der Waals surface area contributed by atoms with Crippen molar-refractivity contribution in [3.05, 3.63) is 29.6 Å². The predicted octanol–water partition coefficient (Wildman–Crippen LogP) is 4.23. The molecule has 2 rings (SSSR count). The third kappa shape index (κ3) is 2.67. The fraction of sp³-hybridized carbons (Fsp3) is 0.500. The maximum atomic E-state index is 6.03. The fourth-order valence-electron chi connectivity index (χ4n) is 2.01. The standard InChI is InChI=1S/C14H19ClN2S/c1-10-5-6-11-12(7-10)17(13(8-15)16-11)9-14(2,3)18-4/h5-7H,8-9H2,1-4H3. The molecule has 2 nitrogen and oxygen atoms in total. The molecule has 0 unspecified atom stereocenters. The maximum Gasteiger partial charge on any atom is 0.124 e. The van der Waals surface area contributed by atoms with Gasteiger partial charge in [-0.15, -0.1) is 11.6 Å². The lowest BCUT2D eigenvalue weighted by atomic mass is 10.2. The number of hydrogen-bond donors (Lipinski definition) is 0. The normalized spacial score (nSPS) is 12.3. The molecule has 1 aromatic carbocycles. The molecule has 0 N–H and O–H groups in total. The molecule has 0 saturated heterocycles. The van der Waals surface area contributed by atoms with Gasteiger partial charge in [0, 0.05) is 11.3 Å². The van der Waals surface area contributed by atoms with Gasteiger partial charge >= 0.3 is 0 Å². The van der Waals surface area contributed by atoms with E-state index in [9.17, 15) is 0 Å². The summed E-state index contributed by atoms with van der Waals surface area (Å²) in [5.41, 5.74) is 3.48. The van der Waals surface area contributed by atoms with Crippen LogP contribution in [0.4, 0.5) is 0 Å². The number of imidazole rings is 1. The van der Waals surface area contributed by atoms with Crippen LogP contribution in [0, 0.1) is 6.92 Å². The molecule has 0 radical (unpaired) electrons. The number of alkyl halides is 1. The number of rotatable bonds is 4. The Labute approximate surface area is 118 Å². The zero-order chi connectivity index (χ0) is 13.3. The Hall–Kier alpha value is -0.670. The molecule has 0 amide bonds. The second-order valence-electron chi connectivity index (χ2n) is 5.20. The van der Waals surface area contributed by atoms with Crippen LogP contribution in [-0.2, 0) is 12.4 Å². The fourth-order valence-corrected chi connectivity index (χ4v) is 2.47. The van der Waals surface area contributed by atoms with Gasteiger partial charge in [-0.3, -0.25) is 0 Å². The molecule has 2 aromatic rings. The van der Waals surface area contributed by atoms with Crippen LogP contribution in [0.3, 0.4) is 0 Å². The van der Waals surface area contributed by atoms with Crippen molar-refractivity contribution >= 4 is 34.4 Å². The molecule has 0 aliphatic carbocycles. The van der Waals surface area contributed by atoms with Crippen molar-refractivity contribution in [3.8, 4) is 0 Å². The molecule has 1 aromatic heterocycles. The summed E-state index contributed by atoms with van der Waals surface area (Å²) in [5.74, 6) is 1.41. The smallest absolute Gasteiger partial charge is 0.124 e. The summed E-state index contributed by atoms with van der Waals surface area (Å²) in [7, 11) is 0. The Balaban J connectivity index is 2.55. The van der Waals surface area contributed by atoms with E-state index in [4.69, 9.17) is 11.6 Å². The van der Waals surface area contributed by atoms with Crippen LogP contribution in [0.2, 0.25) is 0 Å². The minimum Gasteiger partial charge on any atom is -0.326 e. The van der Waals surface area contributed by atoms with E-state index in [1.807, 2.05) is 11.8 Å². The van der Waals surface area contributed by atoms with Gasteiger partial charge in [0.1, 0.15) is 5.82 Å². The number of fused-ring (bicyclic) bond motifs is 1. The first-order valence-electron chi connectivity index (χ1n) is 6.04. The van der Waals surface area contributed by atoms with E-state index in [-0.39, 0.29) is 4.75 Å². The molecule has 0 spiro atoms. The topological polar surface area (TPSA) is 17.8 Å².